The number of carbonyl (C=O) groups is 1. The number of ketones is 1. The average Bonchev–Trinajstić information content (AvgIpc) is 2.19. The molecule has 0 amide bonds. The van der Waals surface area contributed by atoms with Crippen molar-refractivity contribution in [3.63, 3.8) is 0 Å². The minimum Gasteiger partial charge on any atom is -0.392 e. The Morgan fingerprint density at radius 3 is 2.25 bits per heavy atom. The maximum absolute atomic E-state index is 11.6. The van der Waals surface area contributed by atoms with E-state index < -0.39 is 5.92 Å². The molecule has 0 radical (unpaired) electrons. The van der Waals surface area contributed by atoms with Crippen LogP contribution in [0.5, 0.6) is 0 Å². The summed E-state index contributed by atoms with van der Waals surface area (Å²) in [6, 6.07) is 10.3. The first kappa shape index (κ1) is 17.3. The Bertz CT molecular complexity index is 400. The van der Waals surface area contributed by atoms with Gasteiger partial charge in [0.2, 0.25) is 0 Å². The Morgan fingerprint density at radius 2 is 1.88 bits per heavy atom. The van der Waals surface area contributed by atoms with Gasteiger partial charge in [0.1, 0.15) is 0 Å². The summed E-state index contributed by atoms with van der Waals surface area (Å²) >= 11 is 4.63. The predicted molar refractivity (Wildman–Crippen MR) is 63.1 cm³/mol. The van der Waals surface area contributed by atoms with E-state index in [-0.39, 0.29) is 37.7 Å². The van der Waals surface area contributed by atoms with E-state index in [0.717, 1.165) is 0 Å². The zero-order chi connectivity index (χ0) is 10.6. The third-order valence-electron chi connectivity index (χ3n) is 1.73. The fourth-order valence-electron chi connectivity index (χ4n) is 1.02. The van der Waals surface area contributed by atoms with Crippen LogP contribution in [0.4, 0.5) is 0 Å². The van der Waals surface area contributed by atoms with E-state index in [2.05, 4.69) is 12.2 Å². The molecule has 0 saturated heterocycles. The molecule has 0 aliphatic rings. The van der Waals surface area contributed by atoms with Crippen LogP contribution in [0.2, 0.25) is 0 Å². The van der Waals surface area contributed by atoms with E-state index in [1.165, 1.54) is 0 Å². The molecule has 2 N–H and O–H groups in total. The zero-order valence-corrected chi connectivity index (χ0v) is 12.8. The zero-order valence-electron chi connectivity index (χ0n) is 9.01. The molecule has 0 aliphatic carbocycles. The number of hydrogen-bond donors (Lipinski definition) is 1. The smallest absolute Gasteiger partial charge is 0.186 e. The summed E-state index contributed by atoms with van der Waals surface area (Å²) in [6.07, 6.45) is 0. The monoisotopic (exact) mass is 283 g/mol. The number of thiocarbonyl (C=S) groups is 1. The molecule has 0 bridgehead atoms. The summed E-state index contributed by atoms with van der Waals surface area (Å²) in [5.74, 6) is -1.37. The van der Waals surface area contributed by atoms with E-state index in [1.54, 1.807) is 36.4 Å². The van der Waals surface area contributed by atoms with Crippen LogP contribution in [0.1, 0.15) is 10.4 Å². The van der Waals surface area contributed by atoms with Gasteiger partial charge in [-0.05, 0) is 0 Å². The Kier molecular flexibility index (Phi) is 8.75. The van der Waals surface area contributed by atoms with Gasteiger partial charge >= 0.3 is 0 Å². The van der Waals surface area contributed by atoms with E-state index in [1.807, 2.05) is 0 Å². The van der Waals surface area contributed by atoms with Crippen LogP contribution in [0.15, 0.2) is 30.3 Å². The maximum Gasteiger partial charge on any atom is 0.186 e. The predicted octanol–water partition coefficient (Wildman–Crippen LogP) is 1.74. The van der Waals surface area contributed by atoms with Gasteiger partial charge in [-0.25, -0.2) is 0 Å². The molecule has 1 rings (SSSR count). The number of nitriles is 1. The maximum atomic E-state index is 11.6. The molecule has 0 aromatic heterocycles. The number of rotatable bonds is 3. The molecule has 1 aromatic rings. The minimum atomic E-state index is -1.02. The van der Waals surface area contributed by atoms with Crippen LogP contribution >= 0.6 is 12.2 Å². The third kappa shape index (κ3) is 4.18. The Morgan fingerprint density at radius 1 is 1.38 bits per heavy atom. The molecule has 1 aromatic carbocycles. The molecule has 3 nitrogen and oxygen atoms in total. The molecule has 1 unspecified atom stereocenters. The molecule has 0 fully saturated rings. The quantitative estimate of drug-likeness (QED) is 0.397. The van der Waals surface area contributed by atoms with Crippen molar-refractivity contribution in [1.82, 2.24) is 0 Å². The number of Topliss-reactive ketones (excluding diaryl/α,β-unsaturated/α-hetero) is 1. The number of benzene rings is 1. The molecule has 0 saturated carbocycles. The van der Waals surface area contributed by atoms with E-state index in [0.29, 0.717) is 5.56 Å². The molecular formula is C11H11N2OSZn-. The second-order valence-electron chi connectivity index (χ2n) is 2.69. The van der Waals surface area contributed by atoms with E-state index >= 15 is 0 Å². The SMILES string of the molecule is N#CC(C(=O)c1ccccc1)C(N)=S.[CH3-].[Zn]. The molecule has 0 spiro atoms. The van der Waals surface area contributed by atoms with Crippen LogP contribution in [-0.2, 0) is 19.5 Å². The van der Waals surface area contributed by atoms with Gasteiger partial charge in [-0.15, -0.1) is 0 Å². The molecule has 1 atom stereocenters. The first-order valence-electron chi connectivity index (χ1n) is 3.95. The van der Waals surface area contributed by atoms with Crippen LogP contribution < -0.4 is 5.73 Å². The van der Waals surface area contributed by atoms with Gasteiger partial charge in [-0.2, -0.15) is 5.26 Å². The van der Waals surface area contributed by atoms with Crippen LogP contribution in [-0.4, -0.2) is 10.8 Å². The van der Waals surface area contributed by atoms with Crippen molar-refractivity contribution in [3.05, 3.63) is 43.3 Å². The van der Waals surface area contributed by atoms with Gasteiger partial charge in [0.25, 0.3) is 0 Å². The van der Waals surface area contributed by atoms with Crippen molar-refractivity contribution >= 4 is 23.0 Å². The van der Waals surface area contributed by atoms with Crippen LogP contribution in [0.25, 0.3) is 0 Å². The van der Waals surface area contributed by atoms with Gasteiger partial charge in [-0.1, -0.05) is 42.5 Å². The van der Waals surface area contributed by atoms with Crippen molar-refractivity contribution in [2.75, 3.05) is 0 Å². The minimum absolute atomic E-state index is 0. The van der Waals surface area contributed by atoms with Gasteiger partial charge < -0.3 is 13.2 Å². The van der Waals surface area contributed by atoms with Crippen molar-refractivity contribution in [1.29, 1.82) is 5.26 Å². The summed E-state index contributed by atoms with van der Waals surface area (Å²) in [5, 5.41) is 8.69. The Hall–Kier alpha value is -1.11. The summed E-state index contributed by atoms with van der Waals surface area (Å²) in [4.78, 5) is 11.5. The number of hydrogen-bond acceptors (Lipinski definition) is 3. The largest absolute Gasteiger partial charge is 0.392 e. The molecule has 0 aliphatic heterocycles. The normalized spacial score (nSPS) is 9.94. The topological polar surface area (TPSA) is 66.9 Å². The summed E-state index contributed by atoms with van der Waals surface area (Å²) in [5.41, 5.74) is 5.72. The van der Waals surface area contributed by atoms with Crippen LogP contribution in [0, 0.1) is 24.7 Å². The second-order valence-corrected chi connectivity index (χ2v) is 3.17. The fraction of sp³-hybridized carbons (Fsp3) is 0.0909. The van der Waals surface area contributed by atoms with Gasteiger partial charge in [0, 0.05) is 25.0 Å². The number of nitrogens with zero attached hydrogens (tertiary/aromatic N) is 1. The number of carbonyl (C=O) groups excluding carboxylic acids is 1. The fourth-order valence-corrected chi connectivity index (χ4v) is 1.18. The standard InChI is InChI=1S/C10H8N2OS.CH3.Zn/c11-6-8(10(12)14)9(13)7-4-2-1-3-5-7;;/h1-5,8H,(H2,12,14);1H3;/q;-1;. The van der Waals surface area contributed by atoms with E-state index in [4.69, 9.17) is 11.0 Å². The first-order valence-corrected chi connectivity index (χ1v) is 4.36. The summed E-state index contributed by atoms with van der Waals surface area (Å²) < 4.78 is 0. The number of nitrogens with two attached hydrogens (primary N) is 1. The van der Waals surface area contributed by atoms with Crippen molar-refractivity contribution in [2.24, 2.45) is 11.7 Å². The first-order chi connectivity index (χ1) is 6.66. The summed E-state index contributed by atoms with van der Waals surface area (Å²) in [6.45, 7) is 0. The molecule has 0 heterocycles. The van der Waals surface area contributed by atoms with E-state index in [9.17, 15) is 4.79 Å². The van der Waals surface area contributed by atoms with Gasteiger partial charge in [0.05, 0.1) is 11.1 Å². The molecule has 16 heavy (non-hydrogen) atoms. The van der Waals surface area contributed by atoms with Crippen molar-refractivity contribution in [3.8, 4) is 6.07 Å². The van der Waals surface area contributed by atoms with Crippen molar-refractivity contribution < 1.29 is 24.3 Å². The Labute approximate surface area is 113 Å². The van der Waals surface area contributed by atoms with Gasteiger partial charge in [0.15, 0.2) is 11.7 Å². The van der Waals surface area contributed by atoms with Crippen molar-refractivity contribution in [2.45, 2.75) is 0 Å². The second kappa shape index (κ2) is 8.09. The summed E-state index contributed by atoms with van der Waals surface area (Å²) in [7, 11) is 0. The van der Waals surface area contributed by atoms with Gasteiger partial charge in [-0.3, -0.25) is 4.79 Å². The molecule has 5 heteroatoms. The average molecular weight is 285 g/mol. The third-order valence-corrected chi connectivity index (χ3v) is 1.97. The molecule has 80 valence electrons. The van der Waals surface area contributed by atoms with Crippen LogP contribution in [0.3, 0.4) is 0 Å². The Balaban J connectivity index is 0. The molecular weight excluding hydrogens is 274 g/mol.